The van der Waals surface area contributed by atoms with Crippen LogP contribution in [0.3, 0.4) is 0 Å². The quantitative estimate of drug-likeness (QED) is 0.448. The van der Waals surface area contributed by atoms with Crippen molar-refractivity contribution in [1.82, 2.24) is 40.9 Å². The average molecular weight is 545 g/mol. The number of nitrogens with zero attached hydrogens (tertiary/aromatic N) is 8. The highest BCUT2D eigenvalue weighted by Crippen LogP contribution is 2.31. The van der Waals surface area contributed by atoms with Crippen molar-refractivity contribution in [1.29, 1.82) is 0 Å². The van der Waals surface area contributed by atoms with Gasteiger partial charge >= 0.3 is 0 Å². The van der Waals surface area contributed by atoms with Crippen LogP contribution >= 0.6 is 0 Å². The highest BCUT2D eigenvalue weighted by Gasteiger charge is 2.24. The minimum absolute atomic E-state index is 0.0513. The topological polar surface area (TPSA) is 132 Å². The lowest BCUT2D eigenvalue weighted by atomic mass is 10.2. The molecule has 1 aliphatic carbocycles. The van der Waals surface area contributed by atoms with Crippen molar-refractivity contribution < 1.29 is 9.59 Å². The van der Waals surface area contributed by atoms with Gasteiger partial charge in [-0.05, 0) is 48.7 Å². The fourth-order valence-corrected chi connectivity index (χ4v) is 4.65. The Bertz CT molecular complexity index is 1210. The highest BCUT2D eigenvalue weighted by molar-refractivity contribution is 5.92. The Labute approximate surface area is 234 Å². The van der Waals surface area contributed by atoms with Crippen LogP contribution in [0.15, 0.2) is 54.9 Å². The summed E-state index contributed by atoms with van der Waals surface area (Å²) in [5, 5.41) is 22.4. The first-order valence-corrected chi connectivity index (χ1v) is 14.0. The van der Waals surface area contributed by atoms with Crippen LogP contribution in [-0.2, 0) is 0 Å². The first-order chi connectivity index (χ1) is 19.7. The predicted octanol–water partition coefficient (Wildman–Crippen LogP) is 1.25. The van der Waals surface area contributed by atoms with Gasteiger partial charge in [-0.3, -0.25) is 14.6 Å². The van der Waals surface area contributed by atoms with Crippen LogP contribution in [0.4, 0.5) is 11.6 Å². The van der Waals surface area contributed by atoms with E-state index in [1.807, 2.05) is 24.3 Å². The second-order valence-corrected chi connectivity index (χ2v) is 10.1. The number of hydrogen-bond acceptors (Lipinski definition) is 10. The van der Waals surface area contributed by atoms with Crippen LogP contribution in [0, 0.1) is 5.92 Å². The van der Waals surface area contributed by atoms with E-state index in [-0.39, 0.29) is 11.8 Å². The summed E-state index contributed by atoms with van der Waals surface area (Å²) in [5.74, 6) is 2.27. The SMILES string of the molecule is O=C(NCCC1CC1)c1ccc(N2CCN(C(=O)c3ccccn3)CC2)nn1.c1cnnc(N2CCNCC2)c1. The summed E-state index contributed by atoms with van der Waals surface area (Å²) >= 11 is 0. The summed E-state index contributed by atoms with van der Waals surface area (Å²) in [4.78, 5) is 34.8. The van der Waals surface area contributed by atoms with Gasteiger partial charge in [0.25, 0.3) is 11.8 Å². The molecule has 12 heteroatoms. The molecule has 0 unspecified atom stereocenters. The smallest absolute Gasteiger partial charge is 0.272 e. The molecular weight excluding hydrogens is 508 g/mol. The molecule has 2 amide bonds. The first kappa shape index (κ1) is 27.4. The van der Waals surface area contributed by atoms with Crippen molar-refractivity contribution in [3.8, 4) is 0 Å². The monoisotopic (exact) mass is 544 g/mol. The molecule has 2 N–H and O–H groups in total. The molecule has 12 nitrogen and oxygen atoms in total. The predicted molar refractivity (Wildman–Crippen MR) is 151 cm³/mol. The molecule has 40 heavy (non-hydrogen) atoms. The van der Waals surface area contributed by atoms with E-state index in [0.29, 0.717) is 44.1 Å². The molecule has 2 aliphatic heterocycles. The van der Waals surface area contributed by atoms with Gasteiger partial charge in [0, 0.05) is 71.3 Å². The molecule has 3 aliphatic rings. The van der Waals surface area contributed by atoms with Gasteiger partial charge in [0.1, 0.15) is 5.69 Å². The lowest BCUT2D eigenvalue weighted by Gasteiger charge is -2.35. The summed E-state index contributed by atoms with van der Waals surface area (Å²) < 4.78 is 0. The summed E-state index contributed by atoms with van der Waals surface area (Å²) in [6.45, 7) is 7.35. The number of pyridine rings is 1. The Morgan fingerprint density at radius 2 is 1.57 bits per heavy atom. The lowest BCUT2D eigenvalue weighted by Crippen LogP contribution is -2.49. The van der Waals surface area contributed by atoms with E-state index in [1.54, 1.807) is 35.5 Å². The second kappa shape index (κ2) is 13.7. The fourth-order valence-electron chi connectivity index (χ4n) is 4.65. The molecule has 0 atom stereocenters. The van der Waals surface area contributed by atoms with Crippen LogP contribution < -0.4 is 20.4 Å². The fraction of sp³-hybridized carbons (Fsp3) is 0.464. The second-order valence-electron chi connectivity index (χ2n) is 10.1. The van der Waals surface area contributed by atoms with Crippen molar-refractivity contribution in [2.45, 2.75) is 19.3 Å². The number of hydrogen-bond donors (Lipinski definition) is 2. The zero-order valence-corrected chi connectivity index (χ0v) is 22.7. The van der Waals surface area contributed by atoms with Crippen LogP contribution in [-0.4, -0.2) is 101 Å². The number of piperazine rings is 2. The van der Waals surface area contributed by atoms with E-state index in [2.05, 4.69) is 45.8 Å². The van der Waals surface area contributed by atoms with Crippen LogP contribution in [0.5, 0.6) is 0 Å². The number of aromatic nitrogens is 5. The van der Waals surface area contributed by atoms with Crippen molar-refractivity contribution in [2.75, 3.05) is 68.7 Å². The molecule has 3 aromatic heterocycles. The molecule has 3 aromatic rings. The summed E-state index contributed by atoms with van der Waals surface area (Å²) in [5.41, 5.74) is 0.802. The molecule has 6 rings (SSSR count). The normalized spacial score (nSPS) is 17.1. The van der Waals surface area contributed by atoms with Gasteiger partial charge in [0.2, 0.25) is 0 Å². The van der Waals surface area contributed by atoms with Crippen LogP contribution in [0.2, 0.25) is 0 Å². The zero-order valence-electron chi connectivity index (χ0n) is 22.7. The minimum Gasteiger partial charge on any atom is -0.353 e. The van der Waals surface area contributed by atoms with Gasteiger partial charge in [-0.25, -0.2) is 0 Å². The van der Waals surface area contributed by atoms with E-state index in [0.717, 1.165) is 50.2 Å². The Morgan fingerprint density at radius 1 is 0.800 bits per heavy atom. The maximum Gasteiger partial charge on any atom is 0.272 e. The Morgan fingerprint density at radius 3 is 2.23 bits per heavy atom. The number of nitrogens with one attached hydrogen (secondary N) is 2. The molecule has 1 saturated carbocycles. The Kier molecular flexibility index (Phi) is 9.41. The lowest BCUT2D eigenvalue weighted by molar-refractivity contribution is 0.0740. The maximum atomic E-state index is 12.5. The van der Waals surface area contributed by atoms with Crippen LogP contribution in [0.1, 0.15) is 40.2 Å². The van der Waals surface area contributed by atoms with Gasteiger partial charge in [-0.2, -0.15) is 5.10 Å². The van der Waals surface area contributed by atoms with Crippen LogP contribution in [0.25, 0.3) is 0 Å². The molecule has 2 saturated heterocycles. The molecular formula is C28H36N10O2. The number of rotatable bonds is 7. The van der Waals surface area contributed by atoms with Crippen molar-refractivity contribution in [2.24, 2.45) is 5.92 Å². The van der Waals surface area contributed by atoms with Gasteiger partial charge < -0.3 is 25.3 Å². The maximum absolute atomic E-state index is 12.5. The summed E-state index contributed by atoms with van der Waals surface area (Å²) in [6.07, 6.45) is 6.93. The number of carbonyl (C=O) groups is 2. The third-order valence-electron chi connectivity index (χ3n) is 7.19. The van der Waals surface area contributed by atoms with E-state index in [1.165, 1.54) is 12.8 Å². The van der Waals surface area contributed by atoms with E-state index in [4.69, 9.17) is 0 Å². The summed E-state index contributed by atoms with van der Waals surface area (Å²) in [7, 11) is 0. The molecule has 3 fully saturated rings. The largest absolute Gasteiger partial charge is 0.353 e. The molecule has 0 bridgehead atoms. The zero-order chi connectivity index (χ0) is 27.6. The molecule has 0 spiro atoms. The molecule has 0 aromatic carbocycles. The summed E-state index contributed by atoms with van der Waals surface area (Å²) in [6, 6.07) is 12.8. The van der Waals surface area contributed by atoms with Gasteiger partial charge in [-0.1, -0.05) is 18.9 Å². The Balaban J connectivity index is 0.000000223. The van der Waals surface area contributed by atoms with Gasteiger partial charge in [-0.15, -0.1) is 15.3 Å². The van der Waals surface area contributed by atoms with E-state index >= 15 is 0 Å². The van der Waals surface area contributed by atoms with Crippen molar-refractivity contribution >= 4 is 23.5 Å². The van der Waals surface area contributed by atoms with Crippen molar-refractivity contribution in [3.63, 3.8) is 0 Å². The third kappa shape index (κ3) is 7.69. The van der Waals surface area contributed by atoms with Gasteiger partial charge in [0.15, 0.2) is 17.3 Å². The van der Waals surface area contributed by atoms with E-state index in [9.17, 15) is 9.59 Å². The standard InChI is InChI=1S/C20H24N6O2.C8H12N4/c27-19(22-10-8-15-4-5-15)16-6-7-18(24-23-16)25-11-13-26(14-12-25)20(28)17-3-1-2-9-21-17;1-2-8(11-10-3-1)12-6-4-9-5-7-12/h1-3,6-7,9,15H,4-5,8,10-14H2,(H,22,27);1-3,9H,4-7H2. The number of carbonyl (C=O) groups excluding carboxylic acids is 2. The highest BCUT2D eigenvalue weighted by atomic mass is 16.2. The average Bonchev–Trinajstić information content (AvgIpc) is 3.87. The third-order valence-corrected chi connectivity index (χ3v) is 7.19. The first-order valence-electron chi connectivity index (χ1n) is 14.0. The minimum atomic E-state index is -0.175. The van der Waals surface area contributed by atoms with E-state index < -0.39 is 0 Å². The molecule has 210 valence electrons. The molecule has 0 radical (unpaired) electrons. The van der Waals surface area contributed by atoms with Crippen molar-refractivity contribution in [3.05, 3.63) is 66.2 Å². The number of anilines is 2. The Hall–Kier alpha value is -4.19. The van der Waals surface area contributed by atoms with Gasteiger partial charge in [0.05, 0.1) is 0 Å². The molecule has 5 heterocycles. The number of amides is 2.